The molecular formula is C99H129N12O18V3-3. The van der Waals surface area contributed by atoms with Crippen molar-refractivity contribution >= 4 is 88.0 Å². The minimum Gasteiger partial charge on any atom is -0.540 e. The van der Waals surface area contributed by atoms with Gasteiger partial charge in [-0.15, -0.1) is 0 Å². The smallest absolute Gasteiger partial charge is 0.408 e. The zero-order valence-electron chi connectivity index (χ0n) is 78.5. The number of aromatic nitrogens is 6. The summed E-state index contributed by atoms with van der Waals surface area (Å²) in [6, 6.07) is 12.2. The van der Waals surface area contributed by atoms with Crippen LogP contribution < -0.4 is 44.4 Å². The van der Waals surface area contributed by atoms with Crippen molar-refractivity contribution < 1.29 is 141 Å². The van der Waals surface area contributed by atoms with Gasteiger partial charge in [-0.2, -0.15) is 0 Å². The number of aryl methyl sites for hydroxylation is 3. The van der Waals surface area contributed by atoms with Crippen LogP contribution in [0.4, 0.5) is 14.4 Å². The Morgan fingerprint density at radius 2 is 0.712 bits per heavy atom. The van der Waals surface area contributed by atoms with Gasteiger partial charge in [-0.1, -0.05) is 140 Å². The maximum Gasteiger partial charge on any atom is 0.408 e. The molecule has 3 radical (unpaired) electrons. The van der Waals surface area contributed by atoms with Crippen molar-refractivity contribution in [1.29, 1.82) is 0 Å². The molecule has 3 aromatic heterocycles. The van der Waals surface area contributed by atoms with Gasteiger partial charge < -0.3 is 87.7 Å². The van der Waals surface area contributed by atoms with E-state index in [-0.39, 0.29) is 141 Å². The molecule has 6 bridgehead atoms. The van der Waals surface area contributed by atoms with Crippen LogP contribution in [0.15, 0.2) is 54.6 Å². The van der Waals surface area contributed by atoms with Crippen molar-refractivity contribution in [3.8, 4) is 34.9 Å². The van der Waals surface area contributed by atoms with Gasteiger partial charge in [0.15, 0.2) is 0 Å². The third kappa shape index (κ3) is 24.3. The number of amides is 6. The van der Waals surface area contributed by atoms with Crippen LogP contribution in [-0.4, -0.2) is 210 Å². The molecule has 6 aromatic rings. The molecule has 18 rings (SSSR count). The van der Waals surface area contributed by atoms with Crippen molar-refractivity contribution in [2.75, 3.05) is 19.6 Å². The first kappa shape index (κ1) is 101. The van der Waals surface area contributed by atoms with E-state index >= 15 is 0 Å². The van der Waals surface area contributed by atoms with Crippen molar-refractivity contribution in [2.45, 2.75) is 348 Å². The Kier molecular flexibility index (Phi) is 32.4. The minimum absolute atomic E-state index is 0. The van der Waals surface area contributed by atoms with Crippen LogP contribution in [0.5, 0.6) is 34.9 Å². The number of carbonyl (C=O) groups excluding carboxylic acids is 9. The Balaban J connectivity index is 0.000000166. The van der Waals surface area contributed by atoms with E-state index in [0.717, 1.165) is 199 Å². The molecule has 12 aliphatic rings. The molecule has 9 fully saturated rings. The predicted molar refractivity (Wildman–Crippen MR) is 479 cm³/mol. The Hall–Kier alpha value is -8.54. The predicted octanol–water partition coefficient (Wildman–Crippen LogP) is 14.7. The van der Waals surface area contributed by atoms with E-state index in [1.807, 2.05) is 145 Å². The quantitative estimate of drug-likeness (QED) is 0.0894. The van der Waals surface area contributed by atoms with Crippen molar-refractivity contribution in [2.24, 2.45) is 51.8 Å². The van der Waals surface area contributed by atoms with E-state index in [1.54, 1.807) is 0 Å². The van der Waals surface area contributed by atoms with Gasteiger partial charge in [-0.3, -0.25) is 14.4 Å². The standard InChI is InChI=1S/C34H45N4O6.C33H43N4O6.C32H41N4O6.3V/c1-20-27(19-39)38-18-29(20)43-31-25(35-24-16-15-23(17-26(24)36-31)42-22-13-14-22)11-7-5-6-9-21-10-8-12-28(21)44-33(41)37-30(32(38)40)34(2,3)4;1-19-26(18-38)37-17-27(19)42-29-24(34-23-14-13-22(15-25(23)35-29)41-21-11-12-21)10-8-6-7-9-20-16-33(20,5)43-31(40)36-28(30(37)39)32(2,3)4;1-18-25(17-37)36-16-27(18)41-29-23(33-22-13-12-21(15-24(22)34-29)40-20-10-11-20)9-7-5-6-8-19-14-26(19)42-31(39)35-28(30(36)38)32(2,3)4;;;/h15-17,20-22,27-30H,5-14,18H2,1-4H3,(H,37,41);13-15,19-21,26-28H,6-12,16-17H2,1-5H3,(H,36,40);12-13,15,18-20,25-28H,5-11,14,16H2,1-4H3,(H,35,39);;;/q3*-1;;;/t20-,21+,27+,28+,29-,30+;19-,20+,26+,27-,28+,33+;18-,19+,25+,26+,27-,28+;;;/m000.../s1. The van der Waals surface area contributed by atoms with Crippen LogP contribution in [0.3, 0.4) is 0 Å². The molecule has 132 heavy (non-hydrogen) atoms. The first-order valence-corrected chi connectivity index (χ1v) is 47.6. The zero-order chi connectivity index (χ0) is 91.1. The number of benzene rings is 3. The van der Waals surface area contributed by atoms with E-state index in [0.29, 0.717) is 71.2 Å². The Labute approximate surface area is 810 Å². The van der Waals surface area contributed by atoms with E-state index in [9.17, 15) is 43.2 Å². The molecule has 3 aromatic carbocycles. The summed E-state index contributed by atoms with van der Waals surface area (Å²) in [6.07, 6.45) is 28.2. The SMILES string of the molecule is C[C@@H]1[C@@H]2CN(C(=O)[C@H](C(C)(C)C)NC(=O)O[C@@H]3CCC[C@H]3CCCCCc3nc4ccc(OC5CC5)cc4nc3O2)[C@@H]1[C-]=O.C[C@@H]1[C@@H]2CN(C(=O)[C@H](C(C)(C)C)NC(=O)O[C@@H]3C[C@H]3CCCCCc3nc4ccc(OC5CC5)cc4nc3O2)[C@@H]1[C-]=O.C[C@@H]1[C@@H]2CN(C(=O)[C@H](C(C)(C)C)NC(=O)O[C@]3(C)C[C@H]3CCCCCc3nc4ccc(OC5CC5)cc4nc3O2)[C@@H]1[C-]=O.[V].[V].[V]. The molecule has 6 aliphatic carbocycles. The summed E-state index contributed by atoms with van der Waals surface area (Å²) in [7, 11) is 0. The maximum absolute atomic E-state index is 14.1. The Morgan fingerprint density at radius 3 is 1.06 bits per heavy atom. The van der Waals surface area contributed by atoms with E-state index in [2.05, 4.69) is 34.8 Å². The molecule has 18 atom stereocenters. The second-order valence-corrected chi connectivity index (χ2v) is 41.8. The first-order chi connectivity index (χ1) is 61.6. The van der Waals surface area contributed by atoms with Crippen LogP contribution in [-0.2, 0) is 118 Å². The summed E-state index contributed by atoms with van der Waals surface area (Å²) < 4.78 is 55.1. The van der Waals surface area contributed by atoms with Crippen LogP contribution in [0.25, 0.3) is 33.1 Å². The van der Waals surface area contributed by atoms with Gasteiger partial charge >= 0.3 is 18.3 Å². The van der Waals surface area contributed by atoms with Crippen LogP contribution in [0.1, 0.15) is 255 Å². The summed E-state index contributed by atoms with van der Waals surface area (Å²) >= 11 is 0. The summed E-state index contributed by atoms with van der Waals surface area (Å²) in [5, 5.41) is 8.52. The topological polar surface area (TPSA) is 360 Å². The molecule has 3 saturated heterocycles. The molecule has 711 valence electrons. The van der Waals surface area contributed by atoms with Gasteiger partial charge in [0.25, 0.3) is 0 Å². The van der Waals surface area contributed by atoms with Crippen molar-refractivity contribution in [3.63, 3.8) is 0 Å². The summed E-state index contributed by atoms with van der Waals surface area (Å²) in [4.78, 5) is 152. The first-order valence-electron chi connectivity index (χ1n) is 47.6. The Bertz CT molecular complexity index is 5160. The molecule has 0 spiro atoms. The fourth-order valence-electron chi connectivity index (χ4n) is 19.3. The third-order valence-electron chi connectivity index (χ3n) is 28.1. The average molecular weight is 1930 g/mol. The van der Waals surface area contributed by atoms with E-state index in [4.69, 9.17) is 72.5 Å². The number of nitrogens with one attached hydrogen (secondary N) is 3. The van der Waals surface area contributed by atoms with Gasteiger partial charge in [0.2, 0.25) is 35.4 Å². The van der Waals surface area contributed by atoms with Gasteiger partial charge in [0.1, 0.15) is 88.6 Å². The molecule has 6 saturated carbocycles. The fraction of sp³-hybridized carbons (Fsp3) is 0.667. The maximum atomic E-state index is 14.1. The second-order valence-electron chi connectivity index (χ2n) is 41.8. The number of fused-ring (bicyclic) bond motifs is 15. The molecule has 30 nitrogen and oxygen atoms in total. The number of nitrogens with zero attached hydrogens (tertiary/aromatic N) is 9. The number of ether oxygens (including phenoxy) is 9. The molecule has 33 heteroatoms. The van der Waals surface area contributed by atoms with E-state index in [1.165, 1.54) is 14.7 Å². The minimum atomic E-state index is -0.901. The molecule has 3 N–H and O–H groups in total. The zero-order valence-corrected chi connectivity index (χ0v) is 82.7. The molecular weight excluding hydrogens is 1800 g/mol. The van der Waals surface area contributed by atoms with Crippen LogP contribution in [0.2, 0.25) is 0 Å². The molecule has 9 heterocycles. The Morgan fingerprint density at radius 1 is 0.379 bits per heavy atom. The molecule has 6 aliphatic heterocycles. The normalized spacial score (nSPS) is 30.2. The van der Waals surface area contributed by atoms with E-state index < -0.39 is 94.7 Å². The summed E-state index contributed by atoms with van der Waals surface area (Å²) in [5.41, 5.74) is 4.30. The van der Waals surface area contributed by atoms with Gasteiger partial charge in [0.05, 0.1) is 71.0 Å². The van der Waals surface area contributed by atoms with Gasteiger partial charge in [-0.05, 0) is 218 Å². The number of hydrogen-bond donors (Lipinski definition) is 3. The number of alkyl carbamates (subject to hydrolysis) is 3. The number of hydrogen-bond acceptors (Lipinski definition) is 24. The van der Waals surface area contributed by atoms with Gasteiger partial charge in [0, 0.05) is 79.8 Å². The number of carbonyl (C=O) groups is 6. The third-order valence-corrected chi connectivity index (χ3v) is 28.1. The average Bonchev–Trinajstić information content (AvgIpc) is 1.55. The van der Waals surface area contributed by atoms with Crippen LogP contribution >= 0.6 is 0 Å². The molecule has 6 amide bonds. The second kappa shape index (κ2) is 42.4. The monoisotopic (exact) mass is 1930 g/mol. The molecule has 0 unspecified atom stereocenters. The van der Waals surface area contributed by atoms with Crippen molar-refractivity contribution in [1.82, 2.24) is 60.6 Å². The summed E-state index contributed by atoms with van der Waals surface area (Å²) in [6.45, 7) is 25.1. The fourth-order valence-corrected chi connectivity index (χ4v) is 19.3. The van der Waals surface area contributed by atoms with Crippen LogP contribution in [0, 0.1) is 51.8 Å². The largest absolute Gasteiger partial charge is 0.540 e. The van der Waals surface area contributed by atoms with Gasteiger partial charge in [-0.25, -0.2) is 63.1 Å². The van der Waals surface area contributed by atoms with Crippen molar-refractivity contribution in [3.05, 3.63) is 71.7 Å². The number of rotatable bonds is 9. The summed E-state index contributed by atoms with van der Waals surface area (Å²) in [5.74, 6) is 2.42.